The topological polar surface area (TPSA) is 250 Å². The fourth-order valence-corrected chi connectivity index (χ4v) is 8.36. The maximum absolute atomic E-state index is 14.1. The average Bonchev–Trinajstić information content (AvgIpc) is 3.46. The molecule has 0 aromatic heterocycles. The van der Waals surface area contributed by atoms with Crippen LogP contribution in [0.25, 0.3) is 0 Å². The van der Waals surface area contributed by atoms with Crippen LogP contribution in [0.4, 0.5) is 15.3 Å². The lowest BCUT2D eigenvalue weighted by molar-refractivity contribution is -0.138. The molecule has 4 amide bonds. The third-order valence-electron chi connectivity index (χ3n) is 11.8. The van der Waals surface area contributed by atoms with Crippen LogP contribution >= 0.6 is 0 Å². The predicted molar refractivity (Wildman–Crippen MR) is 240 cm³/mol. The Bertz CT molecular complexity index is 1950. The van der Waals surface area contributed by atoms with Crippen LogP contribution in [0.2, 0.25) is 0 Å². The van der Waals surface area contributed by atoms with Crippen LogP contribution in [0.1, 0.15) is 61.8 Å². The van der Waals surface area contributed by atoms with Crippen molar-refractivity contribution in [1.29, 1.82) is 0 Å². The number of para-hydroxylation sites is 1. The first-order chi connectivity index (χ1) is 31.1. The minimum atomic E-state index is -1.26. The van der Waals surface area contributed by atoms with Crippen molar-refractivity contribution in [2.75, 3.05) is 71.3 Å². The molecule has 1 unspecified atom stereocenters. The predicted octanol–water partition coefficient (Wildman–Crippen LogP) is 3.58. The van der Waals surface area contributed by atoms with Gasteiger partial charge in [-0.05, 0) is 93.4 Å². The van der Waals surface area contributed by atoms with Crippen LogP contribution in [0.5, 0.6) is 0 Å². The Morgan fingerprint density at radius 2 is 1.28 bits per heavy atom. The van der Waals surface area contributed by atoms with E-state index in [0.717, 1.165) is 62.3 Å². The number of carbonyl (C=O) groups is 7. The zero-order chi connectivity index (χ0) is 47.5. The first-order valence-corrected chi connectivity index (χ1v) is 22.1. The van der Waals surface area contributed by atoms with Crippen molar-refractivity contribution in [2.24, 2.45) is 0 Å². The zero-order valence-corrected chi connectivity index (χ0v) is 37.4. The molecule has 65 heavy (non-hydrogen) atoms. The number of urea groups is 1. The number of rotatable bonds is 13. The van der Waals surface area contributed by atoms with Gasteiger partial charge in [0.2, 0.25) is 5.91 Å². The Kier molecular flexibility index (Phi) is 20.4. The Morgan fingerprint density at radius 3 is 1.83 bits per heavy atom. The Labute approximate surface area is 379 Å². The molecule has 2 aromatic rings. The second kappa shape index (κ2) is 25.8. The van der Waals surface area contributed by atoms with Crippen LogP contribution in [-0.2, 0) is 54.5 Å². The summed E-state index contributed by atoms with van der Waals surface area (Å²) < 4.78 is 0. The molecule has 4 aliphatic rings. The molecule has 19 heteroatoms. The Hall–Kier alpha value is -6.31. The number of likely N-dealkylation sites (tertiary alicyclic amines) is 1. The van der Waals surface area contributed by atoms with E-state index in [4.69, 9.17) is 25.3 Å². The third kappa shape index (κ3) is 17.0. The largest absolute Gasteiger partial charge is 0.478 e. The number of anilines is 1. The number of nitrogens with one attached hydrogen (secondary N) is 2. The maximum atomic E-state index is 14.1. The lowest BCUT2D eigenvalue weighted by Gasteiger charge is -2.42. The number of aryl methyl sites for hydroxylation is 2. The standard InChI is InChI=1S/C38H55N7O4.2C4H4O4/c1-4-29-11-10-28(26-30(29)5-2)27-35(36(46)43-24-22-42(23-25-43)32-13-17-41(3)18-14-32)40-38(48)49-44-19-15-33(16-20-44)45-21-12-31-8-6-7-9-34(31)39-37(45)47;2*5-3(6)1-2-4(7)8/h6-11,26,32-33,35H,4-5,12-25,27H2,1-3H3,(H,39,47)(H,40,48);2*1-2H,(H,5,6)(H,7,8)/b;2*2-1-. The van der Waals surface area contributed by atoms with Gasteiger partial charge in [0, 0.05) is 94.3 Å². The minimum absolute atomic E-state index is 0.0514. The number of piperidine rings is 2. The van der Waals surface area contributed by atoms with E-state index in [-0.39, 0.29) is 18.0 Å². The summed E-state index contributed by atoms with van der Waals surface area (Å²) in [6.07, 6.45) is 8.47. The van der Waals surface area contributed by atoms with Crippen molar-refractivity contribution in [2.45, 2.75) is 83.3 Å². The highest BCUT2D eigenvalue weighted by Gasteiger charge is 2.34. The number of hydroxylamine groups is 2. The molecular formula is C46H63N7O12. The SMILES string of the molecule is CCc1ccc(CC(NC(=O)ON2CCC(N3CCc4ccccc4NC3=O)CC2)C(=O)N2CCN(C3CCN(C)CC3)CC2)cc1CC.O=C(O)/C=C\C(=O)O.O=C(O)/C=C\C(=O)O. The number of fused-ring (bicyclic) bond motifs is 1. The summed E-state index contributed by atoms with van der Waals surface area (Å²) in [4.78, 5) is 93.3. The van der Waals surface area contributed by atoms with Gasteiger partial charge in [-0.2, -0.15) is 0 Å². The van der Waals surface area contributed by atoms with Gasteiger partial charge in [0.1, 0.15) is 6.04 Å². The molecule has 1 atom stereocenters. The molecule has 6 rings (SSSR count). The third-order valence-corrected chi connectivity index (χ3v) is 11.8. The molecule has 0 radical (unpaired) electrons. The fraction of sp³-hybridized carbons (Fsp3) is 0.500. The van der Waals surface area contributed by atoms with E-state index in [0.29, 0.717) is 82.3 Å². The summed E-state index contributed by atoms with van der Waals surface area (Å²) in [6.45, 7) is 11.3. The summed E-state index contributed by atoms with van der Waals surface area (Å²) in [7, 11) is 2.18. The molecule has 19 nitrogen and oxygen atoms in total. The van der Waals surface area contributed by atoms with Gasteiger partial charge in [0.05, 0.1) is 0 Å². The summed E-state index contributed by atoms with van der Waals surface area (Å²) in [6, 6.07) is 14.2. The van der Waals surface area contributed by atoms with Crippen molar-refractivity contribution < 1.29 is 58.8 Å². The number of aliphatic carboxylic acids is 4. The van der Waals surface area contributed by atoms with E-state index < -0.39 is 36.0 Å². The number of carbonyl (C=O) groups excluding carboxylic acids is 3. The molecule has 0 aliphatic carbocycles. The van der Waals surface area contributed by atoms with E-state index >= 15 is 0 Å². The first kappa shape index (κ1) is 51.3. The van der Waals surface area contributed by atoms with Crippen LogP contribution < -0.4 is 10.6 Å². The molecule has 6 N–H and O–H groups in total. The summed E-state index contributed by atoms with van der Waals surface area (Å²) in [5.74, 6) is -5.08. The number of piperazine rings is 1. The molecule has 3 saturated heterocycles. The van der Waals surface area contributed by atoms with Crippen LogP contribution in [0.3, 0.4) is 0 Å². The van der Waals surface area contributed by atoms with E-state index in [2.05, 4.69) is 65.6 Å². The number of nitrogens with zero attached hydrogens (tertiary/aromatic N) is 5. The molecule has 0 bridgehead atoms. The van der Waals surface area contributed by atoms with Gasteiger partial charge >= 0.3 is 36.0 Å². The van der Waals surface area contributed by atoms with Gasteiger partial charge in [0.25, 0.3) is 0 Å². The highest BCUT2D eigenvalue weighted by Crippen LogP contribution is 2.25. The smallest absolute Gasteiger partial charge is 0.426 e. The molecule has 4 heterocycles. The monoisotopic (exact) mass is 905 g/mol. The van der Waals surface area contributed by atoms with Crippen LogP contribution in [-0.4, -0.2) is 171 Å². The van der Waals surface area contributed by atoms with E-state index in [9.17, 15) is 33.6 Å². The summed E-state index contributed by atoms with van der Waals surface area (Å²) >= 11 is 0. The number of carboxylic acids is 4. The van der Waals surface area contributed by atoms with Crippen LogP contribution in [0.15, 0.2) is 66.8 Å². The molecule has 0 saturated carbocycles. The van der Waals surface area contributed by atoms with Crippen molar-refractivity contribution in [1.82, 2.24) is 30.0 Å². The van der Waals surface area contributed by atoms with Gasteiger partial charge in [-0.1, -0.05) is 50.2 Å². The highest BCUT2D eigenvalue weighted by atomic mass is 16.7. The van der Waals surface area contributed by atoms with Gasteiger partial charge in [0.15, 0.2) is 0 Å². The molecule has 2 aromatic carbocycles. The van der Waals surface area contributed by atoms with Gasteiger partial charge in [-0.25, -0.2) is 28.8 Å². The number of benzene rings is 2. The van der Waals surface area contributed by atoms with E-state index in [1.54, 1.807) is 5.06 Å². The van der Waals surface area contributed by atoms with Gasteiger partial charge in [-0.15, -0.1) is 5.06 Å². The van der Waals surface area contributed by atoms with Crippen molar-refractivity contribution >= 4 is 47.6 Å². The lowest BCUT2D eigenvalue weighted by Crippen LogP contribution is -2.58. The molecule has 354 valence electrons. The van der Waals surface area contributed by atoms with E-state index in [1.807, 2.05) is 28.0 Å². The molecular weight excluding hydrogens is 843 g/mol. The quantitative estimate of drug-likeness (QED) is 0.157. The summed E-state index contributed by atoms with van der Waals surface area (Å²) in [5, 5.41) is 39.0. The lowest BCUT2D eigenvalue weighted by atomic mass is 9.96. The van der Waals surface area contributed by atoms with Crippen LogP contribution in [0, 0.1) is 0 Å². The fourth-order valence-electron chi connectivity index (χ4n) is 8.36. The number of carboxylic acid groups (broad SMARTS) is 4. The molecule has 4 aliphatic heterocycles. The van der Waals surface area contributed by atoms with Gasteiger partial charge in [-0.3, -0.25) is 9.69 Å². The second-order valence-electron chi connectivity index (χ2n) is 16.2. The average molecular weight is 906 g/mol. The Morgan fingerprint density at radius 1 is 0.723 bits per heavy atom. The number of hydrogen-bond donors (Lipinski definition) is 6. The number of amides is 4. The van der Waals surface area contributed by atoms with Crippen molar-refractivity contribution in [3.05, 3.63) is 89.0 Å². The summed E-state index contributed by atoms with van der Waals surface area (Å²) in [5.41, 5.74) is 5.66. The van der Waals surface area contributed by atoms with Crippen molar-refractivity contribution in [3.8, 4) is 0 Å². The second-order valence-corrected chi connectivity index (χ2v) is 16.2. The maximum Gasteiger partial charge on any atom is 0.426 e. The minimum Gasteiger partial charge on any atom is -0.478 e. The van der Waals surface area contributed by atoms with Crippen molar-refractivity contribution in [3.63, 3.8) is 0 Å². The zero-order valence-electron chi connectivity index (χ0n) is 37.4. The number of hydrogen-bond acceptors (Lipinski definition) is 11. The Balaban J connectivity index is 0.000000492. The van der Waals surface area contributed by atoms with E-state index in [1.165, 1.54) is 24.0 Å². The first-order valence-electron chi connectivity index (χ1n) is 22.1. The molecule has 3 fully saturated rings. The van der Waals surface area contributed by atoms with Gasteiger partial charge < -0.3 is 50.6 Å². The molecule has 0 spiro atoms. The normalized spacial score (nSPS) is 18.2. The highest BCUT2D eigenvalue weighted by molar-refractivity contribution is 5.92.